The second-order valence-corrected chi connectivity index (χ2v) is 5.10. The van der Waals surface area contributed by atoms with E-state index in [4.69, 9.17) is 0 Å². The highest BCUT2D eigenvalue weighted by atomic mass is 79.9. The quantitative estimate of drug-likeness (QED) is 0.892. The molecule has 0 fully saturated rings. The number of nitrogens with one attached hydrogen (secondary N) is 1. The van der Waals surface area contributed by atoms with Crippen LogP contribution in [0.5, 0.6) is 0 Å². The third-order valence-electron chi connectivity index (χ3n) is 2.05. The van der Waals surface area contributed by atoms with E-state index in [-0.39, 0.29) is 5.56 Å². The summed E-state index contributed by atoms with van der Waals surface area (Å²) in [4.78, 5) is 11.7. The zero-order chi connectivity index (χ0) is 10.9. The SMILES string of the molecule is CC(C)Cn1[nH]c(C(C)C)c(Br)c1=O. The van der Waals surface area contributed by atoms with Crippen molar-refractivity contribution in [1.82, 2.24) is 9.78 Å². The molecule has 0 spiro atoms. The van der Waals surface area contributed by atoms with E-state index in [2.05, 4.69) is 48.7 Å². The van der Waals surface area contributed by atoms with Crippen molar-refractivity contribution in [2.45, 2.75) is 40.2 Å². The van der Waals surface area contributed by atoms with Gasteiger partial charge in [0.1, 0.15) is 4.47 Å². The van der Waals surface area contributed by atoms with Crippen LogP contribution in [-0.2, 0) is 6.54 Å². The fourth-order valence-corrected chi connectivity index (χ4v) is 2.12. The second-order valence-electron chi connectivity index (χ2n) is 4.30. The maximum Gasteiger partial charge on any atom is 0.281 e. The molecule has 0 aliphatic heterocycles. The summed E-state index contributed by atoms with van der Waals surface area (Å²) < 4.78 is 2.34. The van der Waals surface area contributed by atoms with E-state index in [1.54, 1.807) is 4.68 Å². The molecule has 0 radical (unpaired) electrons. The highest BCUT2D eigenvalue weighted by Crippen LogP contribution is 2.19. The summed E-state index contributed by atoms with van der Waals surface area (Å²) in [5.74, 6) is 0.809. The van der Waals surface area contributed by atoms with Crippen LogP contribution in [0.3, 0.4) is 0 Å². The Labute approximate surface area is 92.6 Å². The first kappa shape index (κ1) is 11.6. The molecule has 1 rings (SSSR count). The van der Waals surface area contributed by atoms with Crippen molar-refractivity contribution in [2.75, 3.05) is 0 Å². The molecule has 1 N–H and O–H groups in total. The molecule has 0 aromatic carbocycles. The van der Waals surface area contributed by atoms with Crippen LogP contribution < -0.4 is 5.56 Å². The maximum absolute atomic E-state index is 11.7. The number of rotatable bonds is 3. The molecule has 4 heteroatoms. The predicted octanol–water partition coefficient (Wildman–Crippen LogP) is 2.72. The average molecular weight is 261 g/mol. The Morgan fingerprint density at radius 1 is 1.36 bits per heavy atom. The second kappa shape index (κ2) is 4.34. The summed E-state index contributed by atoms with van der Waals surface area (Å²) in [6, 6.07) is 0. The van der Waals surface area contributed by atoms with Gasteiger partial charge >= 0.3 is 0 Å². The number of hydrogen-bond donors (Lipinski definition) is 1. The third-order valence-corrected chi connectivity index (χ3v) is 2.82. The first-order valence-corrected chi connectivity index (χ1v) is 5.71. The van der Waals surface area contributed by atoms with Crippen molar-refractivity contribution >= 4 is 15.9 Å². The minimum Gasteiger partial charge on any atom is -0.298 e. The third kappa shape index (κ3) is 2.29. The fourth-order valence-electron chi connectivity index (χ4n) is 1.36. The van der Waals surface area contributed by atoms with Gasteiger partial charge in [-0.1, -0.05) is 27.7 Å². The highest BCUT2D eigenvalue weighted by molar-refractivity contribution is 9.10. The number of hydrogen-bond acceptors (Lipinski definition) is 1. The average Bonchev–Trinajstić information content (AvgIpc) is 2.32. The number of nitrogens with zero attached hydrogens (tertiary/aromatic N) is 1. The molecular weight excluding hydrogens is 244 g/mol. The molecule has 1 aromatic rings. The zero-order valence-corrected chi connectivity index (χ0v) is 10.7. The van der Waals surface area contributed by atoms with Crippen molar-refractivity contribution in [2.24, 2.45) is 5.92 Å². The Bertz CT molecular complexity index is 363. The first-order chi connectivity index (χ1) is 6.43. The van der Waals surface area contributed by atoms with Gasteiger partial charge in [0.25, 0.3) is 5.56 Å². The van der Waals surface area contributed by atoms with Gasteiger partial charge in [0.05, 0.1) is 5.69 Å². The lowest BCUT2D eigenvalue weighted by atomic mass is 10.1. The van der Waals surface area contributed by atoms with Crippen molar-refractivity contribution in [3.63, 3.8) is 0 Å². The standard InChI is InChI=1S/C10H17BrN2O/c1-6(2)5-13-10(14)8(11)9(12-13)7(3)4/h6-7,12H,5H2,1-4H3. The molecule has 1 heterocycles. The van der Waals surface area contributed by atoms with E-state index in [9.17, 15) is 4.79 Å². The van der Waals surface area contributed by atoms with E-state index >= 15 is 0 Å². The first-order valence-electron chi connectivity index (χ1n) is 4.91. The minimum atomic E-state index is 0.0439. The van der Waals surface area contributed by atoms with Gasteiger partial charge in [-0.3, -0.25) is 14.6 Å². The molecule has 1 aromatic heterocycles. The summed E-state index contributed by atoms with van der Waals surface area (Å²) in [6.07, 6.45) is 0. The number of aromatic amines is 1. The summed E-state index contributed by atoms with van der Waals surface area (Å²) in [7, 11) is 0. The molecule has 0 saturated heterocycles. The molecule has 80 valence electrons. The van der Waals surface area contributed by atoms with E-state index in [1.165, 1.54) is 0 Å². The van der Waals surface area contributed by atoms with Crippen LogP contribution in [-0.4, -0.2) is 9.78 Å². The monoisotopic (exact) mass is 260 g/mol. The van der Waals surface area contributed by atoms with Gasteiger partial charge in [-0.15, -0.1) is 0 Å². The minimum absolute atomic E-state index is 0.0439. The van der Waals surface area contributed by atoms with Crippen molar-refractivity contribution < 1.29 is 0 Å². The number of H-pyrrole nitrogens is 1. The van der Waals surface area contributed by atoms with E-state index in [0.29, 0.717) is 16.3 Å². The number of halogens is 1. The highest BCUT2D eigenvalue weighted by Gasteiger charge is 2.14. The van der Waals surface area contributed by atoms with Crippen LogP contribution in [0.15, 0.2) is 9.27 Å². The van der Waals surface area contributed by atoms with Gasteiger partial charge in [0.2, 0.25) is 0 Å². The normalized spacial score (nSPS) is 11.6. The smallest absolute Gasteiger partial charge is 0.281 e. The molecule has 0 aliphatic rings. The topological polar surface area (TPSA) is 37.8 Å². The summed E-state index contributed by atoms with van der Waals surface area (Å²) in [5, 5.41) is 3.14. The Balaban J connectivity index is 3.09. The van der Waals surface area contributed by atoms with Crippen LogP contribution in [0, 0.1) is 5.92 Å². The fraction of sp³-hybridized carbons (Fsp3) is 0.700. The molecule has 0 aliphatic carbocycles. The van der Waals surface area contributed by atoms with Crippen molar-refractivity contribution in [3.05, 3.63) is 20.5 Å². The Kier molecular flexibility index (Phi) is 3.59. The molecule has 0 amide bonds. The lowest BCUT2D eigenvalue weighted by Gasteiger charge is -2.05. The molecule has 3 nitrogen and oxygen atoms in total. The molecule has 14 heavy (non-hydrogen) atoms. The number of aromatic nitrogens is 2. The summed E-state index contributed by atoms with van der Waals surface area (Å²) >= 11 is 3.33. The van der Waals surface area contributed by atoms with E-state index in [1.807, 2.05) is 0 Å². The van der Waals surface area contributed by atoms with Gasteiger partial charge in [-0.2, -0.15) is 0 Å². The molecule has 0 unspecified atom stereocenters. The molecule has 0 bridgehead atoms. The van der Waals surface area contributed by atoms with Gasteiger partial charge < -0.3 is 0 Å². The predicted molar refractivity (Wildman–Crippen MR) is 61.7 cm³/mol. The lowest BCUT2D eigenvalue weighted by molar-refractivity contribution is 0.468. The summed E-state index contributed by atoms with van der Waals surface area (Å²) in [6.45, 7) is 9.06. The van der Waals surface area contributed by atoms with E-state index in [0.717, 1.165) is 12.2 Å². The van der Waals surface area contributed by atoms with Crippen LogP contribution in [0.4, 0.5) is 0 Å². The largest absolute Gasteiger partial charge is 0.298 e. The summed E-state index contributed by atoms with van der Waals surface area (Å²) in [5.41, 5.74) is 1.03. The van der Waals surface area contributed by atoms with Crippen molar-refractivity contribution in [1.29, 1.82) is 0 Å². The Hall–Kier alpha value is -0.510. The van der Waals surface area contributed by atoms with E-state index < -0.39 is 0 Å². The Morgan fingerprint density at radius 3 is 2.29 bits per heavy atom. The molecule has 0 atom stereocenters. The van der Waals surface area contributed by atoms with Crippen LogP contribution in [0.1, 0.15) is 39.3 Å². The van der Waals surface area contributed by atoms with Gasteiger partial charge in [-0.25, -0.2) is 0 Å². The zero-order valence-electron chi connectivity index (χ0n) is 9.10. The van der Waals surface area contributed by atoms with Crippen LogP contribution >= 0.6 is 15.9 Å². The van der Waals surface area contributed by atoms with Crippen molar-refractivity contribution in [3.8, 4) is 0 Å². The molecular formula is C10H17BrN2O. The van der Waals surface area contributed by atoms with Gasteiger partial charge in [-0.05, 0) is 27.8 Å². The maximum atomic E-state index is 11.7. The van der Waals surface area contributed by atoms with Crippen LogP contribution in [0.2, 0.25) is 0 Å². The Morgan fingerprint density at radius 2 is 1.93 bits per heavy atom. The van der Waals surface area contributed by atoms with Crippen LogP contribution in [0.25, 0.3) is 0 Å². The lowest BCUT2D eigenvalue weighted by Crippen LogP contribution is -2.19. The van der Waals surface area contributed by atoms with Gasteiger partial charge in [0.15, 0.2) is 0 Å². The molecule has 0 saturated carbocycles. The van der Waals surface area contributed by atoms with Gasteiger partial charge in [0, 0.05) is 6.54 Å².